The van der Waals surface area contributed by atoms with Crippen molar-refractivity contribution in [1.29, 1.82) is 0 Å². The van der Waals surface area contributed by atoms with E-state index in [1.807, 2.05) is 0 Å². The average molecular weight is 151 g/mol. The molecule has 0 unspecified atom stereocenters. The molecule has 1 rings (SSSR count). The lowest BCUT2D eigenvalue weighted by molar-refractivity contribution is 0.112. The molecule has 1 aromatic heterocycles. The quantitative estimate of drug-likeness (QED) is 0.367. The summed E-state index contributed by atoms with van der Waals surface area (Å²) >= 11 is 1.36. The fourth-order valence-corrected chi connectivity index (χ4v) is 1.20. The first kappa shape index (κ1) is 6.84. The van der Waals surface area contributed by atoms with Crippen molar-refractivity contribution in [3.8, 4) is 12.0 Å². The van der Waals surface area contributed by atoms with Crippen molar-refractivity contribution in [3.63, 3.8) is 0 Å². The number of hydrogen-bond donors (Lipinski definition) is 1. The molecule has 0 atom stereocenters. The Morgan fingerprint density at radius 3 is 3.00 bits per heavy atom. The second-order valence-corrected chi connectivity index (χ2v) is 2.57. The summed E-state index contributed by atoms with van der Waals surface area (Å²) in [6.07, 6.45) is 0.798. The minimum absolute atomic E-state index is 0.678. The van der Waals surface area contributed by atoms with Crippen LogP contribution in [0.1, 0.15) is 15.2 Å². The summed E-state index contributed by atoms with van der Waals surface area (Å²) in [6, 6.07) is 3.97. The maximum absolute atomic E-state index is 10.2. The van der Waals surface area contributed by atoms with E-state index in [0.29, 0.717) is 4.88 Å². The van der Waals surface area contributed by atoms with Crippen LogP contribution in [0.2, 0.25) is 0 Å². The first-order chi connectivity index (χ1) is 4.86. The summed E-state index contributed by atoms with van der Waals surface area (Å²) in [4.78, 5) is 10.8. The van der Waals surface area contributed by atoms with Gasteiger partial charge >= 0.3 is 0 Å². The van der Waals surface area contributed by atoms with Gasteiger partial charge in [0.1, 0.15) is 0 Å². The molecule has 50 valence electrons. The monoisotopic (exact) mass is 151 g/mol. The van der Waals surface area contributed by atoms with E-state index in [-0.39, 0.29) is 0 Å². The van der Waals surface area contributed by atoms with Crippen molar-refractivity contribution in [2.45, 2.75) is 0 Å². The van der Waals surface area contributed by atoms with Gasteiger partial charge in [-0.3, -0.25) is 4.79 Å². The number of aldehydes is 1. The summed E-state index contributed by atoms with van der Waals surface area (Å²) in [7, 11) is 0. The van der Waals surface area contributed by atoms with Gasteiger partial charge < -0.3 is 5.73 Å². The van der Waals surface area contributed by atoms with Gasteiger partial charge in [-0.15, -0.1) is 11.3 Å². The molecule has 2 nitrogen and oxygen atoms in total. The third-order valence-corrected chi connectivity index (χ3v) is 1.81. The third-order valence-electron chi connectivity index (χ3n) is 0.952. The average Bonchev–Trinajstić information content (AvgIpc) is 2.37. The number of carbonyl (C=O) groups excluding carboxylic acids is 1. The van der Waals surface area contributed by atoms with Gasteiger partial charge in [0.2, 0.25) is 0 Å². The second kappa shape index (κ2) is 3.04. The van der Waals surface area contributed by atoms with Crippen molar-refractivity contribution >= 4 is 17.6 Å². The standard InChI is InChI=1S/C7H5NOS/c8-2-1-6-3-7(4-9)10-5-6/h3-5H,8H2. The van der Waals surface area contributed by atoms with Gasteiger partial charge in [0.05, 0.1) is 4.88 Å². The smallest absolute Gasteiger partial charge is 0.160 e. The molecule has 0 aromatic carbocycles. The molecule has 1 heterocycles. The van der Waals surface area contributed by atoms with Crippen LogP contribution in [0.4, 0.5) is 0 Å². The van der Waals surface area contributed by atoms with Crippen molar-refractivity contribution < 1.29 is 4.79 Å². The van der Waals surface area contributed by atoms with Gasteiger partial charge in [-0.1, -0.05) is 0 Å². The summed E-state index contributed by atoms with van der Waals surface area (Å²) < 4.78 is 0. The fourth-order valence-electron chi connectivity index (χ4n) is 0.564. The molecule has 0 bridgehead atoms. The number of carbonyl (C=O) groups is 1. The molecule has 0 aliphatic carbocycles. The van der Waals surface area contributed by atoms with Crippen LogP contribution in [-0.2, 0) is 0 Å². The SMILES string of the molecule is NC#Cc1csc(C=O)c1. The van der Waals surface area contributed by atoms with Crippen LogP contribution >= 0.6 is 11.3 Å². The van der Waals surface area contributed by atoms with E-state index < -0.39 is 0 Å². The van der Waals surface area contributed by atoms with Crippen LogP contribution in [-0.4, -0.2) is 6.29 Å². The Kier molecular flexibility index (Phi) is 2.08. The molecule has 0 aliphatic rings. The lowest BCUT2D eigenvalue weighted by Gasteiger charge is -1.71. The Balaban J connectivity index is 2.95. The molecule has 0 saturated carbocycles. The third kappa shape index (κ3) is 1.36. The highest BCUT2D eigenvalue weighted by atomic mass is 32.1. The molecule has 10 heavy (non-hydrogen) atoms. The molecule has 0 spiro atoms. The zero-order chi connectivity index (χ0) is 7.40. The van der Waals surface area contributed by atoms with E-state index in [2.05, 4.69) is 12.0 Å². The van der Waals surface area contributed by atoms with E-state index in [1.165, 1.54) is 11.3 Å². The molecule has 2 N–H and O–H groups in total. The normalized spacial score (nSPS) is 8.00. The second-order valence-electron chi connectivity index (χ2n) is 1.62. The van der Waals surface area contributed by atoms with Gasteiger partial charge in [0.25, 0.3) is 0 Å². The Labute approximate surface area is 62.7 Å². The molecular weight excluding hydrogens is 146 g/mol. The first-order valence-corrected chi connectivity index (χ1v) is 3.50. The minimum Gasteiger partial charge on any atom is -0.359 e. The molecule has 3 heteroatoms. The van der Waals surface area contributed by atoms with Crippen molar-refractivity contribution in [1.82, 2.24) is 0 Å². The molecule has 0 aliphatic heterocycles. The summed E-state index contributed by atoms with van der Waals surface area (Å²) in [5, 5.41) is 1.80. The minimum atomic E-state index is 0.678. The predicted octanol–water partition coefficient (Wildman–Crippen LogP) is 0.828. The Bertz CT molecular complexity index is 292. The molecular formula is C7H5NOS. The fraction of sp³-hybridized carbons (Fsp3) is 0. The Morgan fingerprint density at radius 1 is 1.70 bits per heavy atom. The van der Waals surface area contributed by atoms with E-state index in [4.69, 9.17) is 5.73 Å². The summed E-state index contributed by atoms with van der Waals surface area (Å²) in [5.41, 5.74) is 5.77. The van der Waals surface area contributed by atoms with E-state index in [0.717, 1.165) is 11.8 Å². The van der Waals surface area contributed by atoms with Gasteiger partial charge in [-0.2, -0.15) is 0 Å². The van der Waals surface area contributed by atoms with Crippen LogP contribution in [0, 0.1) is 12.0 Å². The first-order valence-electron chi connectivity index (χ1n) is 2.62. The van der Waals surface area contributed by atoms with E-state index >= 15 is 0 Å². The van der Waals surface area contributed by atoms with Crippen molar-refractivity contribution in [3.05, 3.63) is 21.9 Å². The topological polar surface area (TPSA) is 43.1 Å². The highest BCUT2D eigenvalue weighted by Gasteiger charge is 1.93. The largest absolute Gasteiger partial charge is 0.359 e. The lowest BCUT2D eigenvalue weighted by atomic mass is 10.3. The van der Waals surface area contributed by atoms with Gasteiger partial charge in [0.15, 0.2) is 6.29 Å². The summed E-state index contributed by atoms with van der Waals surface area (Å²) in [6.45, 7) is 0. The van der Waals surface area contributed by atoms with Gasteiger partial charge in [0, 0.05) is 17.0 Å². The summed E-state index contributed by atoms with van der Waals surface area (Å²) in [5.74, 6) is 2.64. The molecule has 1 aromatic rings. The van der Waals surface area contributed by atoms with Crippen LogP contribution in [0.3, 0.4) is 0 Å². The molecule has 0 amide bonds. The zero-order valence-electron chi connectivity index (χ0n) is 5.13. The van der Waals surface area contributed by atoms with Crippen LogP contribution < -0.4 is 5.73 Å². The maximum Gasteiger partial charge on any atom is 0.160 e. The van der Waals surface area contributed by atoms with Crippen LogP contribution in [0.25, 0.3) is 0 Å². The molecule has 0 saturated heterocycles. The van der Waals surface area contributed by atoms with Crippen molar-refractivity contribution in [2.75, 3.05) is 0 Å². The Hall–Kier alpha value is -1.27. The highest BCUT2D eigenvalue weighted by molar-refractivity contribution is 7.11. The van der Waals surface area contributed by atoms with E-state index in [9.17, 15) is 4.79 Å². The molecule has 0 fully saturated rings. The lowest BCUT2D eigenvalue weighted by Crippen LogP contribution is -1.76. The number of nitrogens with two attached hydrogens (primary N) is 1. The highest BCUT2D eigenvalue weighted by Crippen LogP contribution is 2.10. The van der Waals surface area contributed by atoms with Crippen LogP contribution in [0.15, 0.2) is 11.4 Å². The maximum atomic E-state index is 10.2. The number of hydrogen-bond acceptors (Lipinski definition) is 3. The molecule has 0 radical (unpaired) electrons. The van der Waals surface area contributed by atoms with Gasteiger partial charge in [-0.25, -0.2) is 0 Å². The van der Waals surface area contributed by atoms with Crippen LogP contribution in [0.5, 0.6) is 0 Å². The van der Waals surface area contributed by atoms with Gasteiger partial charge in [-0.05, 0) is 12.0 Å². The number of thiophene rings is 1. The zero-order valence-corrected chi connectivity index (χ0v) is 5.94. The van der Waals surface area contributed by atoms with Crippen molar-refractivity contribution in [2.24, 2.45) is 5.73 Å². The number of rotatable bonds is 1. The Morgan fingerprint density at radius 2 is 2.50 bits per heavy atom. The predicted molar refractivity (Wildman–Crippen MR) is 40.8 cm³/mol. The van der Waals surface area contributed by atoms with E-state index in [1.54, 1.807) is 11.4 Å².